The number of hydrogen-bond donors (Lipinski definition) is 3. The summed E-state index contributed by atoms with van der Waals surface area (Å²) in [7, 11) is 0. The molecule has 1 saturated carbocycles. The lowest BCUT2D eigenvalue weighted by Crippen LogP contribution is -2.46. The van der Waals surface area contributed by atoms with E-state index in [0.717, 1.165) is 44.9 Å². The number of halogens is 1. The molecule has 0 spiro atoms. The summed E-state index contributed by atoms with van der Waals surface area (Å²) in [4.78, 5) is 19.0. The fourth-order valence-corrected chi connectivity index (χ4v) is 3.71. The number of benzene rings is 1. The van der Waals surface area contributed by atoms with E-state index in [-0.39, 0.29) is 36.1 Å². The third-order valence-electron chi connectivity index (χ3n) is 5.49. The summed E-state index contributed by atoms with van der Waals surface area (Å²) in [6.07, 6.45) is 3.02. The number of aryl methyl sites for hydroxylation is 1. The average Bonchev–Trinajstić information content (AvgIpc) is 3.45. The third kappa shape index (κ3) is 7.52. The number of alkyl carbamates (subject to hydrolysis) is 1. The highest BCUT2D eigenvalue weighted by Crippen LogP contribution is 2.32. The van der Waals surface area contributed by atoms with E-state index in [2.05, 4.69) is 59.0 Å². The standard InChI is InChI=1S/C22H35N5O2.HI/c1-4-23-21(24-14-20(17-8-9-17)26-22(28)29-5-2)25-18-12-13-27(15-18)19-10-6-16(3)7-11-19;/h6-7,10-11,17-18,20H,4-5,8-9,12-15H2,1-3H3,(H,26,28)(H2,23,24,25);1H. The van der Waals surface area contributed by atoms with Crippen molar-refractivity contribution in [1.29, 1.82) is 0 Å². The number of aliphatic imine (C=N–C) groups is 1. The Hall–Kier alpha value is -1.71. The minimum atomic E-state index is -0.345. The summed E-state index contributed by atoms with van der Waals surface area (Å²) < 4.78 is 5.04. The molecule has 1 aliphatic carbocycles. The predicted octanol–water partition coefficient (Wildman–Crippen LogP) is 3.27. The molecule has 1 aromatic carbocycles. The van der Waals surface area contributed by atoms with Gasteiger partial charge < -0.3 is 25.6 Å². The van der Waals surface area contributed by atoms with E-state index in [9.17, 15) is 4.79 Å². The first-order valence-corrected chi connectivity index (χ1v) is 10.9. The summed E-state index contributed by atoms with van der Waals surface area (Å²) in [6, 6.07) is 9.10. The maximum absolute atomic E-state index is 11.8. The molecule has 2 atom stereocenters. The molecular weight excluding hydrogens is 493 g/mol. The third-order valence-corrected chi connectivity index (χ3v) is 5.49. The molecule has 2 aliphatic rings. The SMILES string of the molecule is CCNC(=NCC(NC(=O)OCC)C1CC1)NC1CCN(c2ccc(C)cc2)C1.I. The summed E-state index contributed by atoms with van der Waals surface area (Å²) >= 11 is 0. The molecule has 30 heavy (non-hydrogen) atoms. The topological polar surface area (TPSA) is 78.0 Å². The van der Waals surface area contributed by atoms with Crippen molar-refractivity contribution < 1.29 is 9.53 Å². The minimum Gasteiger partial charge on any atom is -0.450 e. The average molecular weight is 529 g/mol. The molecule has 8 heteroatoms. The lowest BCUT2D eigenvalue weighted by molar-refractivity contribution is 0.147. The van der Waals surface area contributed by atoms with E-state index < -0.39 is 0 Å². The molecule has 0 radical (unpaired) electrons. The number of hydrogen-bond acceptors (Lipinski definition) is 4. The van der Waals surface area contributed by atoms with Gasteiger partial charge in [0.2, 0.25) is 0 Å². The number of rotatable bonds is 8. The molecular formula is C22H36IN5O2. The molecule has 3 N–H and O–H groups in total. The monoisotopic (exact) mass is 529 g/mol. The van der Waals surface area contributed by atoms with Crippen LogP contribution in [-0.4, -0.2) is 56.9 Å². The van der Waals surface area contributed by atoms with Crippen LogP contribution >= 0.6 is 24.0 Å². The molecule has 1 amide bonds. The van der Waals surface area contributed by atoms with Crippen molar-refractivity contribution in [3.63, 3.8) is 0 Å². The highest BCUT2D eigenvalue weighted by molar-refractivity contribution is 14.0. The normalized spacial score (nSPS) is 19.6. The Morgan fingerprint density at radius 2 is 1.97 bits per heavy atom. The molecule has 0 aromatic heterocycles. The van der Waals surface area contributed by atoms with Gasteiger partial charge in [-0.1, -0.05) is 17.7 Å². The highest BCUT2D eigenvalue weighted by Gasteiger charge is 2.32. The van der Waals surface area contributed by atoms with E-state index in [1.165, 1.54) is 11.3 Å². The van der Waals surface area contributed by atoms with Crippen molar-refractivity contribution in [3.05, 3.63) is 29.8 Å². The number of carbonyl (C=O) groups is 1. The molecule has 7 nitrogen and oxygen atoms in total. The van der Waals surface area contributed by atoms with Crippen LogP contribution in [-0.2, 0) is 4.74 Å². The molecule has 168 valence electrons. The van der Waals surface area contributed by atoms with Gasteiger partial charge in [-0.25, -0.2) is 4.79 Å². The molecule has 2 unspecified atom stereocenters. The molecule has 1 aromatic rings. The zero-order valence-electron chi connectivity index (χ0n) is 18.3. The number of guanidine groups is 1. The first kappa shape index (κ1) is 24.6. The van der Waals surface area contributed by atoms with E-state index in [4.69, 9.17) is 9.73 Å². The number of anilines is 1. The Morgan fingerprint density at radius 1 is 1.23 bits per heavy atom. The van der Waals surface area contributed by atoms with Gasteiger partial charge in [0.25, 0.3) is 0 Å². The van der Waals surface area contributed by atoms with E-state index in [0.29, 0.717) is 25.1 Å². The van der Waals surface area contributed by atoms with Gasteiger partial charge in [-0.05, 0) is 58.1 Å². The molecule has 3 rings (SSSR count). The second kappa shape index (κ2) is 12.2. The van der Waals surface area contributed by atoms with E-state index in [1.807, 2.05) is 6.92 Å². The molecule has 2 fully saturated rings. The van der Waals surface area contributed by atoms with Crippen LogP contribution in [0.4, 0.5) is 10.5 Å². The smallest absolute Gasteiger partial charge is 0.407 e. The van der Waals surface area contributed by atoms with Crippen LogP contribution in [0.15, 0.2) is 29.3 Å². The highest BCUT2D eigenvalue weighted by atomic mass is 127. The summed E-state index contributed by atoms with van der Waals surface area (Å²) in [5, 5.41) is 9.89. The van der Waals surface area contributed by atoms with Crippen molar-refractivity contribution in [2.75, 3.05) is 37.7 Å². The summed E-state index contributed by atoms with van der Waals surface area (Å²) in [6.45, 7) is 9.75. The van der Waals surface area contributed by atoms with Gasteiger partial charge in [0.15, 0.2) is 5.96 Å². The van der Waals surface area contributed by atoms with Crippen LogP contribution in [0.2, 0.25) is 0 Å². The number of amides is 1. The zero-order valence-corrected chi connectivity index (χ0v) is 20.6. The molecule has 0 bridgehead atoms. The lowest BCUT2D eigenvalue weighted by Gasteiger charge is -2.21. The summed E-state index contributed by atoms with van der Waals surface area (Å²) in [5.74, 6) is 1.33. The predicted molar refractivity (Wildman–Crippen MR) is 133 cm³/mol. The van der Waals surface area contributed by atoms with Gasteiger partial charge in [0, 0.05) is 31.4 Å². The van der Waals surface area contributed by atoms with Crippen molar-refractivity contribution in [1.82, 2.24) is 16.0 Å². The maximum atomic E-state index is 11.8. The van der Waals surface area contributed by atoms with Gasteiger partial charge in [-0.15, -0.1) is 24.0 Å². The second-order valence-corrected chi connectivity index (χ2v) is 7.94. The first-order valence-electron chi connectivity index (χ1n) is 10.9. The van der Waals surface area contributed by atoms with Crippen LogP contribution in [0.3, 0.4) is 0 Å². The zero-order chi connectivity index (χ0) is 20.6. The van der Waals surface area contributed by atoms with Gasteiger partial charge in [-0.2, -0.15) is 0 Å². The van der Waals surface area contributed by atoms with Crippen LogP contribution in [0.1, 0.15) is 38.7 Å². The van der Waals surface area contributed by atoms with Crippen molar-refractivity contribution >= 4 is 41.7 Å². The fraction of sp³-hybridized carbons (Fsp3) is 0.636. The Labute approximate surface area is 197 Å². The van der Waals surface area contributed by atoms with Gasteiger partial charge in [0.1, 0.15) is 0 Å². The fourth-order valence-electron chi connectivity index (χ4n) is 3.71. The largest absolute Gasteiger partial charge is 0.450 e. The van der Waals surface area contributed by atoms with E-state index >= 15 is 0 Å². The Morgan fingerprint density at radius 3 is 2.60 bits per heavy atom. The maximum Gasteiger partial charge on any atom is 0.407 e. The Kier molecular flexibility index (Phi) is 10.0. The van der Waals surface area contributed by atoms with Crippen LogP contribution < -0.4 is 20.9 Å². The molecule has 1 saturated heterocycles. The second-order valence-electron chi connectivity index (χ2n) is 7.94. The van der Waals surface area contributed by atoms with Crippen LogP contribution in [0.5, 0.6) is 0 Å². The number of ether oxygens (including phenoxy) is 1. The minimum absolute atomic E-state index is 0. The van der Waals surface area contributed by atoms with E-state index in [1.54, 1.807) is 0 Å². The van der Waals surface area contributed by atoms with Crippen LogP contribution in [0, 0.1) is 12.8 Å². The Bertz CT molecular complexity index is 693. The number of carbonyl (C=O) groups excluding carboxylic acids is 1. The first-order chi connectivity index (χ1) is 14.1. The number of nitrogens with one attached hydrogen (secondary N) is 3. The van der Waals surface area contributed by atoms with Crippen molar-refractivity contribution in [2.24, 2.45) is 10.9 Å². The quantitative estimate of drug-likeness (QED) is 0.274. The van der Waals surface area contributed by atoms with Crippen molar-refractivity contribution in [2.45, 2.75) is 52.1 Å². The Balaban J connectivity index is 0.00000320. The van der Waals surface area contributed by atoms with Crippen LogP contribution in [0.25, 0.3) is 0 Å². The van der Waals surface area contributed by atoms with Crippen molar-refractivity contribution in [3.8, 4) is 0 Å². The van der Waals surface area contributed by atoms with Gasteiger partial charge >= 0.3 is 6.09 Å². The summed E-state index contributed by atoms with van der Waals surface area (Å²) in [5.41, 5.74) is 2.56. The molecule has 1 heterocycles. The lowest BCUT2D eigenvalue weighted by atomic mass is 10.2. The number of nitrogens with zero attached hydrogens (tertiary/aromatic N) is 2. The van der Waals surface area contributed by atoms with Gasteiger partial charge in [0.05, 0.1) is 19.2 Å². The van der Waals surface area contributed by atoms with Gasteiger partial charge in [-0.3, -0.25) is 4.99 Å². The molecule has 1 aliphatic heterocycles.